The normalized spacial score (nSPS) is 22.2. The van der Waals surface area contributed by atoms with Gasteiger partial charge in [-0.1, -0.05) is 30.3 Å². The summed E-state index contributed by atoms with van der Waals surface area (Å²) in [5.74, 6) is 0.145. The van der Waals surface area contributed by atoms with E-state index in [1.165, 1.54) is 5.56 Å². The van der Waals surface area contributed by atoms with Crippen LogP contribution < -0.4 is 11.1 Å². The number of halogens is 2. The molecule has 0 radical (unpaired) electrons. The highest BCUT2D eigenvalue weighted by atomic mass is 35.5. The Kier molecular flexibility index (Phi) is 11.2. The number of carbonyl (C=O) groups is 1. The Hall–Kier alpha value is -0.890. The lowest BCUT2D eigenvalue weighted by atomic mass is 9.92. The predicted molar refractivity (Wildman–Crippen MR) is 110 cm³/mol. The fourth-order valence-corrected chi connectivity index (χ4v) is 3.51. The highest BCUT2D eigenvalue weighted by Gasteiger charge is 2.27. The maximum absolute atomic E-state index is 12.3. The van der Waals surface area contributed by atoms with Crippen LogP contribution in [0.25, 0.3) is 0 Å². The van der Waals surface area contributed by atoms with Gasteiger partial charge < -0.3 is 20.5 Å². The van der Waals surface area contributed by atoms with Crippen LogP contribution in [0.2, 0.25) is 0 Å². The van der Waals surface area contributed by atoms with Gasteiger partial charge in [0.15, 0.2) is 0 Å². The second-order valence-electron chi connectivity index (χ2n) is 6.93. The van der Waals surface area contributed by atoms with Crippen molar-refractivity contribution in [2.24, 2.45) is 11.7 Å². The van der Waals surface area contributed by atoms with Crippen molar-refractivity contribution in [3.05, 3.63) is 35.9 Å². The second kappa shape index (κ2) is 12.5. The zero-order chi connectivity index (χ0) is 17.5. The van der Waals surface area contributed by atoms with Crippen molar-refractivity contribution in [3.63, 3.8) is 0 Å². The molecule has 1 aromatic carbocycles. The Bertz CT molecular complexity index is 544. The molecule has 1 amide bonds. The molecular weight excluding hydrogens is 389 g/mol. The molecule has 2 aliphatic rings. The van der Waals surface area contributed by atoms with Crippen LogP contribution in [-0.4, -0.2) is 62.4 Å². The molecule has 2 saturated heterocycles. The van der Waals surface area contributed by atoms with Gasteiger partial charge in [0.1, 0.15) is 0 Å². The fraction of sp³-hybridized carbons (Fsp3) is 0.632. The number of hydrogen-bond acceptors (Lipinski definition) is 5. The van der Waals surface area contributed by atoms with Gasteiger partial charge in [-0.05, 0) is 24.3 Å². The van der Waals surface area contributed by atoms with Gasteiger partial charge in [-0.25, -0.2) is 0 Å². The summed E-state index contributed by atoms with van der Waals surface area (Å²) < 4.78 is 11.1. The van der Waals surface area contributed by atoms with E-state index in [9.17, 15) is 4.79 Å². The van der Waals surface area contributed by atoms with E-state index in [1.54, 1.807) is 0 Å². The zero-order valence-electron chi connectivity index (χ0n) is 15.5. The zero-order valence-corrected chi connectivity index (χ0v) is 17.2. The van der Waals surface area contributed by atoms with Crippen LogP contribution in [0.3, 0.4) is 0 Å². The summed E-state index contributed by atoms with van der Waals surface area (Å²) in [4.78, 5) is 14.7. The first-order valence-corrected chi connectivity index (χ1v) is 9.21. The Morgan fingerprint density at radius 1 is 1.19 bits per heavy atom. The van der Waals surface area contributed by atoms with Crippen molar-refractivity contribution in [1.82, 2.24) is 10.2 Å². The number of benzene rings is 1. The average molecular weight is 420 g/mol. The summed E-state index contributed by atoms with van der Waals surface area (Å²) in [6.45, 7) is 5.26. The van der Waals surface area contributed by atoms with E-state index in [0.29, 0.717) is 26.4 Å². The minimum atomic E-state index is -0.451. The van der Waals surface area contributed by atoms with Crippen LogP contribution in [-0.2, 0) is 20.8 Å². The number of nitrogens with zero attached hydrogens (tertiary/aromatic N) is 1. The summed E-state index contributed by atoms with van der Waals surface area (Å²) in [6, 6.07) is 9.98. The van der Waals surface area contributed by atoms with E-state index < -0.39 is 6.04 Å². The summed E-state index contributed by atoms with van der Waals surface area (Å²) in [5, 5.41) is 2.98. The van der Waals surface area contributed by atoms with Gasteiger partial charge in [0, 0.05) is 39.4 Å². The molecule has 2 atom stereocenters. The van der Waals surface area contributed by atoms with E-state index in [4.69, 9.17) is 15.2 Å². The largest absolute Gasteiger partial charge is 0.381 e. The van der Waals surface area contributed by atoms with E-state index in [2.05, 4.69) is 34.5 Å². The number of nitrogens with two attached hydrogens (primary N) is 1. The monoisotopic (exact) mass is 419 g/mol. The van der Waals surface area contributed by atoms with Gasteiger partial charge in [-0.3, -0.25) is 9.69 Å². The minimum Gasteiger partial charge on any atom is -0.381 e. The van der Waals surface area contributed by atoms with Crippen molar-refractivity contribution in [2.75, 3.05) is 39.5 Å². The van der Waals surface area contributed by atoms with Crippen LogP contribution in [0.5, 0.6) is 0 Å². The highest BCUT2D eigenvalue weighted by molar-refractivity contribution is 5.85. The molecule has 2 heterocycles. The van der Waals surface area contributed by atoms with E-state index in [0.717, 1.165) is 32.5 Å². The standard InChI is InChI=1S/C19H29N3O3.2ClH/c20-18(16-6-9-24-10-7-16)19(23)21-12-17-14-22(8-11-25-17)13-15-4-2-1-3-5-15;;/h1-5,16-18H,6-14,20H2,(H,21,23);2*1H. The van der Waals surface area contributed by atoms with E-state index in [-0.39, 0.29) is 42.7 Å². The summed E-state index contributed by atoms with van der Waals surface area (Å²) in [7, 11) is 0. The lowest BCUT2D eigenvalue weighted by Gasteiger charge is -2.33. The van der Waals surface area contributed by atoms with Crippen molar-refractivity contribution in [3.8, 4) is 0 Å². The predicted octanol–water partition coefficient (Wildman–Crippen LogP) is 1.60. The van der Waals surface area contributed by atoms with Crippen LogP contribution >= 0.6 is 24.8 Å². The van der Waals surface area contributed by atoms with E-state index >= 15 is 0 Å². The third-order valence-corrected chi connectivity index (χ3v) is 5.05. The topological polar surface area (TPSA) is 76.8 Å². The third-order valence-electron chi connectivity index (χ3n) is 5.05. The summed E-state index contributed by atoms with van der Waals surface area (Å²) in [6.07, 6.45) is 1.74. The van der Waals surface area contributed by atoms with E-state index in [1.807, 2.05) is 6.07 Å². The number of hydrogen-bond donors (Lipinski definition) is 2. The Morgan fingerprint density at radius 3 is 2.59 bits per heavy atom. The second-order valence-corrected chi connectivity index (χ2v) is 6.93. The van der Waals surface area contributed by atoms with Crippen LogP contribution in [0, 0.1) is 5.92 Å². The smallest absolute Gasteiger partial charge is 0.237 e. The number of amides is 1. The molecule has 2 aliphatic heterocycles. The number of morpholine rings is 1. The molecule has 2 unspecified atom stereocenters. The summed E-state index contributed by atoms with van der Waals surface area (Å²) >= 11 is 0. The number of rotatable bonds is 6. The van der Waals surface area contributed by atoms with Gasteiger partial charge in [-0.15, -0.1) is 24.8 Å². The minimum absolute atomic E-state index is 0. The quantitative estimate of drug-likeness (QED) is 0.731. The Labute approximate surface area is 174 Å². The molecule has 27 heavy (non-hydrogen) atoms. The van der Waals surface area contributed by atoms with Crippen LogP contribution in [0.1, 0.15) is 18.4 Å². The molecular formula is C19H31Cl2N3O3. The summed E-state index contributed by atoms with van der Waals surface area (Å²) in [5.41, 5.74) is 7.42. The van der Waals surface area contributed by atoms with Gasteiger partial charge in [0.25, 0.3) is 0 Å². The molecule has 2 fully saturated rings. The van der Waals surface area contributed by atoms with Gasteiger partial charge in [-0.2, -0.15) is 0 Å². The van der Waals surface area contributed by atoms with Crippen molar-refractivity contribution in [1.29, 1.82) is 0 Å². The first kappa shape index (κ1) is 24.1. The molecule has 6 nitrogen and oxygen atoms in total. The van der Waals surface area contributed by atoms with Gasteiger partial charge >= 0.3 is 0 Å². The molecule has 1 aromatic rings. The van der Waals surface area contributed by atoms with Crippen molar-refractivity contribution in [2.45, 2.75) is 31.5 Å². The van der Waals surface area contributed by atoms with Crippen molar-refractivity contribution < 1.29 is 14.3 Å². The SMILES string of the molecule is Cl.Cl.NC(C(=O)NCC1CN(Cc2ccccc2)CCO1)C1CCOCC1. The maximum Gasteiger partial charge on any atom is 0.237 e. The van der Waals surface area contributed by atoms with Crippen molar-refractivity contribution >= 4 is 30.7 Å². The molecule has 3 N–H and O–H groups in total. The van der Waals surface area contributed by atoms with Gasteiger partial charge in [0.2, 0.25) is 5.91 Å². The average Bonchev–Trinajstić information content (AvgIpc) is 2.67. The van der Waals surface area contributed by atoms with Gasteiger partial charge in [0.05, 0.1) is 18.8 Å². The Balaban J connectivity index is 0.00000182. The molecule has 0 bridgehead atoms. The fourth-order valence-electron chi connectivity index (χ4n) is 3.51. The molecule has 0 aliphatic carbocycles. The molecule has 8 heteroatoms. The number of carbonyl (C=O) groups excluding carboxylic acids is 1. The Morgan fingerprint density at radius 2 is 1.89 bits per heavy atom. The first-order valence-electron chi connectivity index (χ1n) is 9.21. The number of ether oxygens (including phenoxy) is 2. The maximum atomic E-state index is 12.3. The molecule has 154 valence electrons. The molecule has 0 saturated carbocycles. The van der Waals surface area contributed by atoms with Crippen LogP contribution in [0.4, 0.5) is 0 Å². The molecule has 3 rings (SSSR count). The molecule has 0 aromatic heterocycles. The lowest BCUT2D eigenvalue weighted by molar-refractivity contribution is -0.125. The first-order chi connectivity index (χ1) is 12.2. The lowest BCUT2D eigenvalue weighted by Crippen LogP contribution is -2.51. The molecule has 0 spiro atoms. The van der Waals surface area contributed by atoms with Crippen LogP contribution in [0.15, 0.2) is 30.3 Å². The third kappa shape index (κ3) is 7.56. The number of nitrogens with one attached hydrogen (secondary N) is 1. The highest BCUT2D eigenvalue weighted by Crippen LogP contribution is 2.17.